The molecule has 16 heavy (non-hydrogen) atoms. The van der Waals surface area contributed by atoms with Gasteiger partial charge in [0.15, 0.2) is 5.15 Å². The maximum atomic E-state index is 6.00. The highest BCUT2D eigenvalue weighted by Gasteiger charge is 2.13. The molecule has 0 unspecified atom stereocenters. The van der Waals surface area contributed by atoms with Crippen molar-refractivity contribution in [3.8, 4) is 5.88 Å². The molecule has 2 heterocycles. The first-order valence-electron chi connectivity index (χ1n) is 4.55. The van der Waals surface area contributed by atoms with E-state index < -0.39 is 0 Å². The third-order valence-corrected chi connectivity index (χ3v) is 2.15. The van der Waals surface area contributed by atoms with Crippen molar-refractivity contribution in [3.05, 3.63) is 23.4 Å². The Bertz CT molecular complexity index is 485. The largest absolute Gasteiger partial charge is 0.479 e. The van der Waals surface area contributed by atoms with Crippen LogP contribution >= 0.6 is 11.6 Å². The Morgan fingerprint density at radius 1 is 1.44 bits per heavy atom. The number of ether oxygens (including phenoxy) is 1. The van der Waals surface area contributed by atoms with Crippen molar-refractivity contribution in [1.82, 2.24) is 19.9 Å². The summed E-state index contributed by atoms with van der Waals surface area (Å²) >= 11 is 6.00. The summed E-state index contributed by atoms with van der Waals surface area (Å²) < 4.78 is 5.12. The summed E-state index contributed by atoms with van der Waals surface area (Å²) in [5.74, 6) is 1.48. The van der Waals surface area contributed by atoms with Crippen LogP contribution in [0, 0.1) is 6.92 Å². The SMILES string of the molecule is COc1nc(C)nc(Cl)c1Nc1ncc[nH]1. The standard InChI is InChI=1S/C9H10ClN5O/c1-5-13-7(10)6(8(14-5)16-2)15-9-11-3-4-12-9/h3-4H,1-2H3,(H2,11,12,15). The predicted molar refractivity (Wildman–Crippen MR) is 60.2 cm³/mol. The third-order valence-electron chi connectivity index (χ3n) is 1.88. The lowest BCUT2D eigenvalue weighted by atomic mass is 10.4. The Morgan fingerprint density at radius 3 is 2.88 bits per heavy atom. The van der Waals surface area contributed by atoms with Gasteiger partial charge in [0.05, 0.1) is 7.11 Å². The zero-order chi connectivity index (χ0) is 11.5. The van der Waals surface area contributed by atoms with Crippen LogP contribution in [0.5, 0.6) is 5.88 Å². The van der Waals surface area contributed by atoms with Crippen LogP contribution in [0.15, 0.2) is 12.4 Å². The number of nitrogens with one attached hydrogen (secondary N) is 2. The van der Waals surface area contributed by atoms with Gasteiger partial charge in [-0.2, -0.15) is 4.98 Å². The summed E-state index contributed by atoms with van der Waals surface area (Å²) in [6.45, 7) is 1.74. The van der Waals surface area contributed by atoms with E-state index in [4.69, 9.17) is 16.3 Å². The van der Waals surface area contributed by atoms with Gasteiger partial charge in [-0.05, 0) is 6.92 Å². The predicted octanol–water partition coefficient (Wildman–Crippen LogP) is 1.91. The Hall–Kier alpha value is -1.82. The number of nitrogens with zero attached hydrogens (tertiary/aromatic N) is 3. The van der Waals surface area contributed by atoms with Crippen LogP contribution in [0.1, 0.15) is 5.82 Å². The van der Waals surface area contributed by atoms with Gasteiger partial charge >= 0.3 is 0 Å². The lowest BCUT2D eigenvalue weighted by Gasteiger charge is -2.09. The van der Waals surface area contributed by atoms with E-state index in [0.717, 1.165) is 0 Å². The monoisotopic (exact) mass is 239 g/mol. The normalized spacial score (nSPS) is 10.2. The fraction of sp³-hybridized carbons (Fsp3) is 0.222. The number of imidazole rings is 1. The van der Waals surface area contributed by atoms with Gasteiger partial charge in [-0.15, -0.1) is 0 Å². The van der Waals surface area contributed by atoms with Crippen molar-refractivity contribution in [1.29, 1.82) is 0 Å². The number of aryl methyl sites for hydroxylation is 1. The number of halogens is 1. The van der Waals surface area contributed by atoms with Crippen molar-refractivity contribution < 1.29 is 4.74 Å². The number of hydrogen-bond donors (Lipinski definition) is 2. The lowest BCUT2D eigenvalue weighted by Crippen LogP contribution is -2.02. The average Bonchev–Trinajstić information content (AvgIpc) is 2.74. The van der Waals surface area contributed by atoms with Crippen molar-refractivity contribution >= 4 is 23.2 Å². The van der Waals surface area contributed by atoms with Gasteiger partial charge in [-0.3, -0.25) is 0 Å². The first-order valence-corrected chi connectivity index (χ1v) is 4.93. The van der Waals surface area contributed by atoms with Gasteiger partial charge in [0.25, 0.3) is 0 Å². The molecule has 84 valence electrons. The van der Waals surface area contributed by atoms with E-state index in [-0.39, 0.29) is 0 Å². The minimum absolute atomic E-state index is 0.292. The molecule has 2 rings (SSSR count). The van der Waals surface area contributed by atoms with Gasteiger partial charge in [0, 0.05) is 12.4 Å². The summed E-state index contributed by atoms with van der Waals surface area (Å²) in [7, 11) is 1.52. The molecule has 0 aliphatic carbocycles. The molecule has 0 bridgehead atoms. The molecule has 0 amide bonds. The third kappa shape index (κ3) is 2.06. The van der Waals surface area contributed by atoms with Gasteiger partial charge in [-0.1, -0.05) is 11.6 Å². The van der Waals surface area contributed by atoms with Crippen LogP contribution in [-0.4, -0.2) is 27.0 Å². The number of H-pyrrole nitrogens is 1. The second-order valence-electron chi connectivity index (χ2n) is 3.01. The fourth-order valence-corrected chi connectivity index (χ4v) is 1.47. The summed E-state index contributed by atoms with van der Waals surface area (Å²) in [5, 5.41) is 3.24. The summed E-state index contributed by atoms with van der Waals surface area (Å²) in [6, 6.07) is 0. The smallest absolute Gasteiger partial charge is 0.242 e. The molecule has 7 heteroatoms. The zero-order valence-corrected chi connectivity index (χ0v) is 9.54. The Morgan fingerprint density at radius 2 is 2.25 bits per heavy atom. The van der Waals surface area contributed by atoms with E-state index in [0.29, 0.717) is 28.5 Å². The molecule has 6 nitrogen and oxygen atoms in total. The number of rotatable bonds is 3. The van der Waals surface area contributed by atoms with E-state index in [9.17, 15) is 0 Å². The highest BCUT2D eigenvalue weighted by Crippen LogP contribution is 2.30. The lowest BCUT2D eigenvalue weighted by molar-refractivity contribution is 0.398. The van der Waals surface area contributed by atoms with E-state index in [1.165, 1.54) is 7.11 Å². The minimum atomic E-state index is 0.292. The van der Waals surface area contributed by atoms with Gasteiger partial charge in [0.1, 0.15) is 11.5 Å². The molecule has 0 saturated heterocycles. The van der Waals surface area contributed by atoms with E-state index >= 15 is 0 Å². The van der Waals surface area contributed by atoms with Crippen LogP contribution < -0.4 is 10.1 Å². The molecule has 0 aromatic carbocycles. The molecule has 0 aliphatic rings. The Labute approximate surface area is 97.1 Å². The molecular formula is C9H10ClN5O. The quantitative estimate of drug-likeness (QED) is 0.801. The maximum Gasteiger partial charge on any atom is 0.242 e. The molecule has 0 saturated carbocycles. The van der Waals surface area contributed by atoms with Crippen molar-refractivity contribution in [3.63, 3.8) is 0 Å². The van der Waals surface area contributed by atoms with E-state index in [2.05, 4.69) is 25.3 Å². The van der Waals surface area contributed by atoms with Gasteiger partial charge < -0.3 is 15.0 Å². The molecule has 0 radical (unpaired) electrons. The first-order chi connectivity index (χ1) is 7.70. The summed E-state index contributed by atoms with van der Waals surface area (Å²) in [5.41, 5.74) is 0.490. The second kappa shape index (κ2) is 4.36. The van der Waals surface area contributed by atoms with E-state index in [1.807, 2.05) is 0 Å². The van der Waals surface area contributed by atoms with Crippen molar-refractivity contribution in [2.24, 2.45) is 0 Å². The topological polar surface area (TPSA) is 75.7 Å². The van der Waals surface area contributed by atoms with Crippen LogP contribution in [0.25, 0.3) is 0 Å². The highest BCUT2D eigenvalue weighted by molar-refractivity contribution is 6.32. The molecule has 2 aromatic rings. The average molecular weight is 240 g/mol. The molecule has 0 fully saturated rings. The number of anilines is 2. The van der Waals surface area contributed by atoms with Crippen LogP contribution in [0.4, 0.5) is 11.6 Å². The fourth-order valence-electron chi connectivity index (χ4n) is 1.22. The summed E-state index contributed by atoms with van der Waals surface area (Å²) in [6.07, 6.45) is 3.32. The molecular weight excluding hydrogens is 230 g/mol. The molecule has 0 aliphatic heterocycles. The number of hydrogen-bond acceptors (Lipinski definition) is 5. The van der Waals surface area contributed by atoms with Crippen LogP contribution in [0.2, 0.25) is 5.15 Å². The van der Waals surface area contributed by atoms with Gasteiger partial charge in [0.2, 0.25) is 11.8 Å². The number of methoxy groups -OCH3 is 1. The minimum Gasteiger partial charge on any atom is -0.479 e. The second-order valence-corrected chi connectivity index (χ2v) is 3.37. The molecule has 0 atom stereocenters. The molecule has 2 N–H and O–H groups in total. The molecule has 0 spiro atoms. The highest BCUT2D eigenvalue weighted by atomic mass is 35.5. The Balaban J connectivity index is 2.39. The van der Waals surface area contributed by atoms with Crippen LogP contribution in [0.3, 0.4) is 0 Å². The van der Waals surface area contributed by atoms with Crippen molar-refractivity contribution in [2.75, 3.05) is 12.4 Å². The molecule has 2 aromatic heterocycles. The Kier molecular flexibility index (Phi) is 2.91. The number of aromatic nitrogens is 4. The maximum absolute atomic E-state index is 6.00. The zero-order valence-electron chi connectivity index (χ0n) is 8.78. The van der Waals surface area contributed by atoms with Crippen molar-refractivity contribution in [2.45, 2.75) is 6.92 Å². The number of aromatic amines is 1. The van der Waals surface area contributed by atoms with Crippen LogP contribution in [-0.2, 0) is 0 Å². The first kappa shape index (κ1) is 10.7. The summed E-state index contributed by atoms with van der Waals surface area (Å²) in [4.78, 5) is 15.0. The van der Waals surface area contributed by atoms with E-state index in [1.54, 1.807) is 19.3 Å². The van der Waals surface area contributed by atoms with Gasteiger partial charge in [-0.25, -0.2) is 9.97 Å².